The number of hydrogen-bond acceptors (Lipinski definition) is 4. The normalized spacial score (nSPS) is 25.5. The Bertz CT molecular complexity index is 349. The molecule has 0 aromatic heterocycles. The van der Waals surface area contributed by atoms with Gasteiger partial charge in [-0.25, -0.2) is 0 Å². The topological polar surface area (TPSA) is 52.1 Å². The highest BCUT2D eigenvalue weighted by Gasteiger charge is 2.17. The number of nitrogens with zero attached hydrogens (tertiary/aromatic N) is 3. The molecular weight excluding hydrogens is 290 g/mol. The molecule has 0 amide bonds. The van der Waals surface area contributed by atoms with E-state index in [9.17, 15) is 0 Å². The van der Waals surface area contributed by atoms with Crippen LogP contribution in [0.1, 0.15) is 26.7 Å². The summed E-state index contributed by atoms with van der Waals surface area (Å²) in [5.41, 5.74) is 0. The van der Waals surface area contributed by atoms with Gasteiger partial charge < -0.3 is 25.2 Å². The van der Waals surface area contributed by atoms with E-state index >= 15 is 0 Å². The van der Waals surface area contributed by atoms with Crippen LogP contribution >= 0.6 is 0 Å². The second-order valence-electron chi connectivity index (χ2n) is 6.94. The Morgan fingerprint density at radius 3 is 2.70 bits per heavy atom. The monoisotopic (exact) mass is 325 g/mol. The first-order valence-corrected chi connectivity index (χ1v) is 9.22. The van der Waals surface area contributed by atoms with Crippen LogP contribution < -0.4 is 10.6 Å². The number of hydrogen-bond donors (Lipinski definition) is 2. The van der Waals surface area contributed by atoms with E-state index in [0.29, 0.717) is 12.0 Å². The largest absolute Gasteiger partial charge is 0.376 e. The fraction of sp³-hybridized carbons (Fsp3) is 0.941. The molecule has 2 fully saturated rings. The minimum atomic E-state index is 0.349. The predicted octanol–water partition coefficient (Wildman–Crippen LogP) is 0.604. The van der Waals surface area contributed by atoms with Gasteiger partial charge in [0.2, 0.25) is 0 Å². The van der Waals surface area contributed by atoms with E-state index in [1.807, 2.05) is 0 Å². The maximum atomic E-state index is 5.66. The predicted molar refractivity (Wildman–Crippen MR) is 96.1 cm³/mol. The van der Waals surface area contributed by atoms with Crippen LogP contribution in [0.5, 0.6) is 0 Å². The van der Waals surface area contributed by atoms with Crippen molar-refractivity contribution in [3.63, 3.8) is 0 Å². The molecule has 0 saturated carbocycles. The Balaban J connectivity index is 1.70. The van der Waals surface area contributed by atoms with Gasteiger partial charge in [0, 0.05) is 59.0 Å². The Kier molecular flexibility index (Phi) is 8.12. The maximum absolute atomic E-state index is 5.66. The molecule has 2 saturated heterocycles. The number of likely N-dealkylation sites (N-methyl/N-ethyl adjacent to an activating group) is 1. The highest BCUT2D eigenvalue weighted by molar-refractivity contribution is 5.79. The van der Waals surface area contributed by atoms with Crippen molar-refractivity contribution in [3.05, 3.63) is 0 Å². The SMILES string of the molecule is CCNC(=NCC(C)CN1CCN(C)CC1)NCC1CCCO1. The lowest BCUT2D eigenvalue weighted by molar-refractivity contribution is 0.113. The number of nitrogens with one attached hydrogen (secondary N) is 2. The molecule has 0 aromatic rings. The van der Waals surface area contributed by atoms with Crippen molar-refractivity contribution in [3.8, 4) is 0 Å². The molecule has 2 aliphatic heterocycles. The van der Waals surface area contributed by atoms with Crippen LogP contribution in [0.25, 0.3) is 0 Å². The van der Waals surface area contributed by atoms with Crippen LogP contribution in [0.2, 0.25) is 0 Å². The van der Waals surface area contributed by atoms with E-state index in [-0.39, 0.29) is 0 Å². The first-order chi connectivity index (χ1) is 11.2. The van der Waals surface area contributed by atoms with Crippen LogP contribution in [-0.4, -0.2) is 87.9 Å². The van der Waals surface area contributed by atoms with Gasteiger partial charge in [-0.05, 0) is 32.7 Å². The summed E-state index contributed by atoms with van der Waals surface area (Å²) in [5.74, 6) is 1.50. The van der Waals surface area contributed by atoms with Gasteiger partial charge in [-0.15, -0.1) is 0 Å². The molecule has 6 heteroatoms. The van der Waals surface area contributed by atoms with Crippen LogP contribution in [0, 0.1) is 5.92 Å². The highest BCUT2D eigenvalue weighted by atomic mass is 16.5. The molecule has 2 heterocycles. The fourth-order valence-corrected chi connectivity index (χ4v) is 3.13. The maximum Gasteiger partial charge on any atom is 0.191 e. The molecule has 0 aromatic carbocycles. The van der Waals surface area contributed by atoms with E-state index in [0.717, 1.165) is 45.2 Å². The van der Waals surface area contributed by atoms with Gasteiger partial charge in [0.25, 0.3) is 0 Å². The van der Waals surface area contributed by atoms with Crippen molar-refractivity contribution in [2.75, 3.05) is 66.0 Å². The zero-order chi connectivity index (χ0) is 16.5. The first-order valence-electron chi connectivity index (χ1n) is 9.22. The van der Waals surface area contributed by atoms with E-state index in [1.165, 1.54) is 32.6 Å². The van der Waals surface area contributed by atoms with Crippen LogP contribution in [-0.2, 0) is 4.74 Å². The lowest BCUT2D eigenvalue weighted by Gasteiger charge is -2.33. The highest BCUT2D eigenvalue weighted by Crippen LogP contribution is 2.10. The quantitative estimate of drug-likeness (QED) is 0.530. The number of piperazine rings is 1. The third-order valence-electron chi connectivity index (χ3n) is 4.59. The van der Waals surface area contributed by atoms with Crippen LogP contribution in [0.4, 0.5) is 0 Å². The average molecular weight is 326 g/mol. The van der Waals surface area contributed by atoms with Crippen molar-refractivity contribution in [2.45, 2.75) is 32.8 Å². The van der Waals surface area contributed by atoms with Crippen molar-refractivity contribution in [1.82, 2.24) is 20.4 Å². The van der Waals surface area contributed by atoms with Gasteiger partial charge in [0.15, 0.2) is 5.96 Å². The standard InChI is InChI=1S/C17H35N5O/c1-4-18-17(20-13-16-6-5-11-23-16)19-12-15(2)14-22-9-7-21(3)8-10-22/h15-16H,4-14H2,1-3H3,(H2,18,19,20). The zero-order valence-electron chi connectivity index (χ0n) is 15.2. The first kappa shape index (κ1) is 18.5. The summed E-state index contributed by atoms with van der Waals surface area (Å²) >= 11 is 0. The Hall–Kier alpha value is -0.850. The smallest absolute Gasteiger partial charge is 0.191 e. The summed E-state index contributed by atoms with van der Waals surface area (Å²) in [4.78, 5) is 9.72. The summed E-state index contributed by atoms with van der Waals surface area (Å²) in [6.45, 7) is 13.8. The third-order valence-corrected chi connectivity index (χ3v) is 4.59. The van der Waals surface area contributed by atoms with Gasteiger partial charge in [0.1, 0.15) is 0 Å². The van der Waals surface area contributed by atoms with Crippen molar-refractivity contribution in [2.24, 2.45) is 10.9 Å². The van der Waals surface area contributed by atoms with Gasteiger partial charge in [0.05, 0.1) is 6.10 Å². The molecule has 0 bridgehead atoms. The van der Waals surface area contributed by atoms with Gasteiger partial charge >= 0.3 is 0 Å². The molecule has 2 unspecified atom stereocenters. The van der Waals surface area contributed by atoms with E-state index < -0.39 is 0 Å². The molecule has 6 nitrogen and oxygen atoms in total. The lowest BCUT2D eigenvalue weighted by Crippen LogP contribution is -2.46. The van der Waals surface area contributed by atoms with E-state index in [1.54, 1.807) is 0 Å². The van der Waals surface area contributed by atoms with E-state index in [2.05, 4.69) is 41.3 Å². The zero-order valence-corrected chi connectivity index (χ0v) is 15.2. The molecule has 0 spiro atoms. The Labute approximate surface area is 141 Å². The summed E-state index contributed by atoms with van der Waals surface area (Å²) in [6, 6.07) is 0. The summed E-state index contributed by atoms with van der Waals surface area (Å²) in [7, 11) is 2.20. The Morgan fingerprint density at radius 1 is 1.26 bits per heavy atom. The molecule has 134 valence electrons. The van der Waals surface area contributed by atoms with Crippen molar-refractivity contribution >= 4 is 5.96 Å². The van der Waals surface area contributed by atoms with Crippen LogP contribution in [0.15, 0.2) is 4.99 Å². The molecule has 2 N–H and O–H groups in total. The van der Waals surface area contributed by atoms with Crippen LogP contribution in [0.3, 0.4) is 0 Å². The molecule has 0 aliphatic carbocycles. The summed E-state index contributed by atoms with van der Waals surface area (Å²) in [6.07, 6.45) is 2.69. The minimum absolute atomic E-state index is 0.349. The van der Waals surface area contributed by atoms with Crippen molar-refractivity contribution in [1.29, 1.82) is 0 Å². The molecule has 2 rings (SSSR count). The third kappa shape index (κ3) is 7.06. The molecule has 2 atom stereocenters. The fourth-order valence-electron chi connectivity index (χ4n) is 3.13. The van der Waals surface area contributed by atoms with E-state index in [4.69, 9.17) is 9.73 Å². The van der Waals surface area contributed by atoms with Crippen molar-refractivity contribution < 1.29 is 4.74 Å². The molecule has 23 heavy (non-hydrogen) atoms. The average Bonchev–Trinajstić information content (AvgIpc) is 3.06. The molecular formula is C17H35N5O. The number of ether oxygens (including phenoxy) is 1. The molecule has 0 radical (unpaired) electrons. The number of guanidine groups is 1. The number of aliphatic imine (C=N–C) groups is 1. The summed E-state index contributed by atoms with van der Waals surface area (Å²) < 4.78 is 5.66. The summed E-state index contributed by atoms with van der Waals surface area (Å²) in [5, 5.41) is 6.76. The van der Waals surface area contributed by atoms with Gasteiger partial charge in [-0.3, -0.25) is 4.99 Å². The lowest BCUT2D eigenvalue weighted by atomic mass is 10.1. The van der Waals surface area contributed by atoms with Gasteiger partial charge in [-0.2, -0.15) is 0 Å². The van der Waals surface area contributed by atoms with Gasteiger partial charge in [-0.1, -0.05) is 6.92 Å². The Morgan fingerprint density at radius 2 is 2.04 bits per heavy atom. The second kappa shape index (κ2) is 10.1. The molecule has 2 aliphatic rings. The number of rotatable bonds is 7. The minimum Gasteiger partial charge on any atom is -0.376 e. The second-order valence-corrected chi connectivity index (χ2v) is 6.94.